The summed E-state index contributed by atoms with van der Waals surface area (Å²) in [5, 5.41) is 8.24. The van der Waals surface area contributed by atoms with Crippen LogP contribution in [0.15, 0.2) is 14.7 Å². The SMILES string of the molecule is Cc1sc(Br)cc1S(=O)(=O)NC(C)c1nnc2n1CCC2. The third-order valence-electron chi connectivity index (χ3n) is 3.49. The second-order valence-corrected chi connectivity index (χ2v) is 9.36. The van der Waals surface area contributed by atoms with Crippen molar-refractivity contribution >= 4 is 37.3 Å². The van der Waals surface area contributed by atoms with Crippen molar-refractivity contribution < 1.29 is 8.42 Å². The highest BCUT2D eigenvalue weighted by molar-refractivity contribution is 9.11. The summed E-state index contributed by atoms with van der Waals surface area (Å²) in [5.41, 5.74) is 0. The average Bonchev–Trinajstić information content (AvgIpc) is 3.02. The van der Waals surface area contributed by atoms with E-state index in [-0.39, 0.29) is 0 Å². The number of halogens is 1. The molecule has 1 N–H and O–H groups in total. The fourth-order valence-corrected chi connectivity index (χ4v) is 6.16. The zero-order chi connectivity index (χ0) is 15.2. The Hall–Kier alpha value is -0.770. The van der Waals surface area contributed by atoms with Crippen LogP contribution in [0.2, 0.25) is 0 Å². The first-order chi connectivity index (χ1) is 9.88. The van der Waals surface area contributed by atoms with Crippen molar-refractivity contribution in [3.8, 4) is 0 Å². The van der Waals surface area contributed by atoms with E-state index in [2.05, 4.69) is 30.8 Å². The quantitative estimate of drug-likeness (QED) is 0.869. The summed E-state index contributed by atoms with van der Waals surface area (Å²) in [4.78, 5) is 1.07. The number of nitrogens with zero attached hydrogens (tertiary/aromatic N) is 3. The van der Waals surface area contributed by atoms with Gasteiger partial charge in [-0.1, -0.05) is 0 Å². The smallest absolute Gasteiger partial charge is 0.242 e. The van der Waals surface area contributed by atoms with Crippen LogP contribution < -0.4 is 4.72 Å². The van der Waals surface area contributed by atoms with Crippen molar-refractivity contribution in [2.75, 3.05) is 0 Å². The van der Waals surface area contributed by atoms with Crippen LogP contribution in [0.4, 0.5) is 0 Å². The summed E-state index contributed by atoms with van der Waals surface area (Å²) in [7, 11) is -3.56. The number of aromatic nitrogens is 3. The molecule has 3 rings (SSSR count). The van der Waals surface area contributed by atoms with Crippen LogP contribution in [0.3, 0.4) is 0 Å². The molecule has 114 valence electrons. The van der Waals surface area contributed by atoms with Gasteiger partial charge in [0.15, 0.2) is 5.82 Å². The minimum Gasteiger partial charge on any atom is -0.314 e. The summed E-state index contributed by atoms with van der Waals surface area (Å²) >= 11 is 4.73. The van der Waals surface area contributed by atoms with Crippen molar-refractivity contribution in [1.29, 1.82) is 0 Å². The molecule has 1 atom stereocenters. The Labute approximate surface area is 135 Å². The molecule has 3 heterocycles. The number of aryl methyl sites for hydroxylation is 2. The minimum atomic E-state index is -3.56. The molecule has 0 spiro atoms. The minimum absolute atomic E-state index is 0.312. The number of hydrogen-bond acceptors (Lipinski definition) is 5. The molecule has 0 aliphatic carbocycles. The first kappa shape index (κ1) is 15.1. The summed E-state index contributed by atoms with van der Waals surface area (Å²) in [6, 6.07) is 1.22. The van der Waals surface area contributed by atoms with Crippen LogP contribution in [0, 0.1) is 6.92 Å². The molecule has 0 radical (unpaired) electrons. The average molecular weight is 391 g/mol. The highest BCUT2D eigenvalue weighted by atomic mass is 79.9. The normalized spacial score (nSPS) is 16.1. The molecule has 1 unspecified atom stereocenters. The third-order valence-corrected chi connectivity index (χ3v) is 6.84. The monoisotopic (exact) mass is 390 g/mol. The Bertz CT molecular complexity index is 781. The Kier molecular flexibility index (Phi) is 3.93. The fraction of sp³-hybridized carbons (Fsp3) is 0.500. The van der Waals surface area contributed by atoms with E-state index in [1.807, 2.05) is 4.57 Å². The van der Waals surface area contributed by atoms with E-state index < -0.39 is 16.1 Å². The summed E-state index contributed by atoms with van der Waals surface area (Å²) < 4.78 is 30.5. The van der Waals surface area contributed by atoms with Crippen molar-refractivity contribution in [2.24, 2.45) is 0 Å². The number of nitrogens with one attached hydrogen (secondary N) is 1. The van der Waals surface area contributed by atoms with Crippen molar-refractivity contribution in [2.45, 2.75) is 44.2 Å². The first-order valence-electron chi connectivity index (χ1n) is 6.59. The lowest BCUT2D eigenvalue weighted by Gasteiger charge is -2.14. The number of hydrogen-bond donors (Lipinski definition) is 1. The molecule has 9 heteroatoms. The van der Waals surface area contributed by atoms with E-state index in [1.54, 1.807) is 19.9 Å². The summed E-state index contributed by atoms with van der Waals surface area (Å²) in [5.74, 6) is 1.61. The molecule has 2 aromatic heterocycles. The summed E-state index contributed by atoms with van der Waals surface area (Å²) in [6.07, 6.45) is 1.94. The molecule has 1 aliphatic heterocycles. The number of sulfonamides is 1. The van der Waals surface area contributed by atoms with Gasteiger partial charge in [-0.3, -0.25) is 0 Å². The van der Waals surface area contributed by atoms with E-state index in [4.69, 9.17) is 0 Å². The summed E-state index contributed by atoms with van der Waals surface area (Å²) in [6.45, 7) is 4.44. The zero-order valence-corrected chi connectivity index (χ0v) is 14.8. The fourth-order valence-electron chi connectivity index (χ4n) is 2.54. The first-order valence-corrected chi connectivity index (χ1v) is 9.68. The second kappa shape index (κ2) is 5.45. The predicted octanol–water partition coefficient (Wildman–Crippen LogP) is 2.40. The van der Waals surface area contributed by atoms with Gasteiger partial charge in [0.2, 0.25) is 10.0 Å². The van der Waals surface area contributed by atoms with Gasteiger partial charge in [0, 0.05) is 17.8 Å². The van der Waals surface area contributed by atoms with Gasteiger partial charge < -0.3 is 4.57 Å². The van der Waals surface area contributed by atoms with Crippen LogP contribution in [-0.4, -0.2) is 23.2 Å². The van der Waals surface area contributed by atoms with Crippen LogP contribution in [-0.2, 0) is 23.0 Å². The maximum Gasteiger partial charge on any atom is 0.242 e. The Morgan fingerprint density at radius 3 is 2.90 bits per heavy atom. The largest absolute Gasteiger partial charge is 0.314 e. The van der Waals surface area contributed by atoms with Gasteiger partial charge in [0.25, 0.3) is 0 Å². The van der Waals surface area contributed by atoms with E-state index >= 15 is 0 Å². The van der Waals surface area contributed by atoms with Crippen LogP contribution in [0.1, 0.15) is 35.9 Å². The predicted molar refractivity (Wildman–Crippen MR) is 83.8 cm³/mol. The third kappa shape index (κ3) is 2.79. The van der Waals surface area contributed by atoms with Crippen molar-refractivity contribution in [3.05, 3.63) is 26.4 Å². The molecule has 1 aliphatic rings. The van der Waals surface area contributed by atoms with E-state index in [9.17, 15) is 8.42 Å². The van der Waals surface area contributed by atoms with E-state index in [0.29, 0.717) is 10.7 Å². The van der Waals surface area contributed by atoms with Gasteiger partial charge in [-0.25, -0.2) is 13.1 Å². The molecule has 0 bridgehead atoms. The maximum absolute atomic E-state index is 12.5. The van der Waals surface area contributed by atoms with E-state index in [0.717, 1.165) is 33.9 Å². The molecular formula is C12H15BrN4O2S2. The Balaban J connectivity index is 1.87. The Morgan fingerprint density at radius 1 is 1.48 bits per heavy atom. The highest BCUT2D eigenvalue weighted by Crippen LogP contribution is 2.30. The Morgan fingerprint density at radius 2 is 2.24 bits per heavy atom. The lowest BCUT2D eigenvalue weighted by atomic mass is 10.3. The molecule has 0 fully saturated rings. The molecule has 6 nitrogen and oxygen atoms in total. The standard InChI is InChI=1S/C12H15BrN4O2S2/c1-7(12-15-14-11-4-3-5-17(11)12)16-21(18,19)9-6-10(13)20-8(9)2/h6-7,16H,3-5H2,1-2H3. The molecule has 0 saturated carbocycles. The maximum atomic E-state index is 12.5. The highest BCUT2D eigenvalue weighted by Gasteiger charge is 2.27. The lowest BCUT2D eigenvalue weighted by Crippen LogP contribution is -2.29. The number of thiophene rings is 1. The zero-order valence-electron chi connectivity index (χ0n) is 11.6. The molecule has 2 aromatic rings. The van der Waals surface area contributed by atoms with Gasteiger partial charge in [0.05, 0.1) is 14.7 Å². The van der Waals surface area contributed by atoms with Crippen molar-refractivity contribution in [1.82, 2.24) is 19.5 Å². The van der Waals surface area contributed by atoms with Crippen LogP contribution >= 0.6 is 27.3 Å². The lowest BCUT2D eigenvalue weighted by molar-refractivity contribution is 0.546. The van der Waals surface area contributed by atoms with Gasteiger partial charge in [0.1, 0.15) is 5.82 Å². The van der Waals surface area contributed by atoms with Crippen LogP contribution in [0.5, 0.6) is 0 Å². The van der Waals surface area contributed by atoms with Gasteiger partial charge in [-0.05, 0) is 42.3 Å². The van der Waals surface area contributed by atoms with Gasteiger partial charge in [-0.15, -0.1) is 21.5 Å². The van der Waals surface area contributed by atoms with Gasteiger partial charge in [-0.2, -0.15) is 0 Å². The molecule has 0 amide bonds. The molecule has 21 heavy (non-hydrogen) atoms. The number of fused-ring (bicyclic) bond motifs is 1. The molecule has 0 saturated heterocycles. The molecular weight excluding hydrogens is 376 g/mol. The van der Waals surface area contributed by atoms with Crippen molar-refractivity contribution in [3.63, 3.8) is 0 Å². The van der Waals surface area contributed by atoms with E-state index in [1.165, 1.54) is 11.3 Å². The van der Waals surface area contributed by atoms with Crippen LogP contribution in [0.25, 0.3) is 0 Å². The molecule has 0 aromatic carbocycles. The topological polar surface area (TPSA) is 76.9 Å². The second-order valence-electron chi connectivity index (χ2n) is 5.04. The van der Waals surface area contributed by atoms with Gasteiger partial charge >= 0.3 is 0 Å². The number of rotatable bonds is 4.